The van der Waals surface area contributed by atoms with E-state index in [1.807, 2.05) is 30.5 Å². The van der Waals surface area contributed by atoms with Gasteiger partial charge in [0.25, 0.3) is 0 Å². The van der Waals surface area contributed by atoms with Crippen LogP contribution in [0.15, 0.2) is 54.7 Å². The second kappa shape index (κ2) is 7.01. The monoisotopic (exact) mass is 346 g/mol. The molecule has 2 aromatic carbocycles. The third-order valence-electron chi connectivity index (χ3n) is 4.10. The number of H-pyrrole nitrogens is 1. The maximum Gasteiger partial charge on any atom is 0.416 e. The lowest BCUT2D eigenvalue weighted by molar-refractivity contribution is -0.138. The number of aromatic amines is 1. The zero-order valence-corrected chi connectivity index (χ0v) is 13.4. The Labute approximate surface area is 142 Å². The molecule has 0 radical (unpaired) electrons. The van der Waals surface area contributed by atoms with Crippen LogP contribution in [0, 0.1) is 0 Å². The van der Waals surface area contributed by atoms with Crippen molar-refractivity contribution >= 4 is 16.8 Å². The van der Waals surface area contributed by atoms with Crippen LogP contribution in [-0.4, -0.2) is 10.9 Å². The fourth-order valence-corrected chi connectivity index (χ4v) is 2.82. The van der Waals surface area contributed by atoms with Crippen LogP contribution < -0.4 is 5.32 Å². The molecule has 0 fully saturated rings. The minimum atomic E-state index is -4.43. The number of benzene rings is 2. The van der Waals surface area contributed by atoms with Crippen molar-refractivity contribution in [3.05, 3.63) is 71.4 Å². The topological polar surface area (TPSA) is 44.9 Å². The summed E-state index contributed by atoms with van der Waals surface area (Å²) in [5.41, 5.74) is 1.36. The lowest BCUT2D eigenvalue weighted by atomic mass is 10.1. The molecule has 1 heterocycles. The van der Waals surface area contributed by atoms with Crippen molar-refractivity contribution in [1.82, 2.24) is 10.3 Å². The van der Waals surface area contributed by atoms with Gasteiger partial charge in [-0.05, 0) is 29.7 Å². The summed E-state index contributed by atoms with van der Waals surface area (Å²) in [6.07, 6.45) is -1.82. The molecule has 0 aliphatic heterocycles. The van der Waals surface area contributed by atoms with E-state index in [0.717, 1.165) is 22.5 Å². The van der Waals surface area contributed by atoms with E-state index in [2.05, 4.69) is 10.3 Å². The van der Waals surface area contributed by atoms with E-state index in [0.29, 0.717) is 6.42 Å². The number of nitrogens with one attached hydrogen (secondary N) is 2. The van der Waals surface area contributed by atoms with Crippen molar-refractivity contribution in [3.63, 3.8) is 0 Å². The van der Waals surface area contributed by atoms with Crippen LogP contribution in [0.4, 0.5) is 13.2 Å². The number of amides is 1. The second-order valence-electron chi connectivity index (χ2n) is 5.79. The van der Waals surface area contributed by atoms with E-state index < -0.39 is 11.7 Å². The van der Waals surface area contributed by atoms with Gasteiger partial charge in [0, 0.05) is 30.1 Å². The first-order chi connectivity index (χ1) is 11.9. The van der Waals surface area contributed by atoms with Gasteiger partial charge in [-0.2, -0.15) is 13.2 Å². The first-order valence-electron chi connectivity index (χ1n) is 7.92. The predicted molar refractivity (Wildman–Crippen MR) is 89.9 cm³/mol. The Kier molecular flexibility index (Phi) is 4.79. The first-order valence-corrected chi connectivity index (χ1v) is 7.92. The number of para-hydroxylation sites is 1. The highest BCUT2D eigenvalue weighted by atomic mass is 19.4. The molecule has 0 aliphatic carbocycles. The Bertz CT molecular complexity index is 884. The number of alkyl halides is 3. The summed E-state index contributed by atoms with van der Waals surface area (Å²) >= 11 is 0. The number of halogens is 3. The summed E-state index contributed by atoms with van der Waals surface area (Å²) in [4.78, 5) is 15.1. The average Bonchev–Trinajstić information content (AvgIpc) is 3.01. The van der Waals surface area contributed by atoms with Gasteiger partial charge in [0.05, 0.1) is 5.56 Å². The van der Waals surface area contributed by atoms with Gasteiger partial charge in [-0.15, -0.1) is 0 Å². The van der Waals surface area contributed by atoms with Crippen LogP contribution in [0.2, 0.25) is 0 Å². The maximum atomic E-state index is 12.9. The normalized spacial score (nSPS) is 11.6. The van der Waals surface area contributed by atoms with Crippen molar-refractivity contribution in [3.8, 4) is 0 Å². The molecule has 3 rings (SSSR count). The Morgan fingerprint density at radius 1 is 1.00 bits per heavy atom. The molecule has 0 spiro atoms. The Hall–Kier alpha value is -2.76. The maximum absolute atomic E-state index is 12.9. The lowest BCUT2D eigenvalue weighted by Crippen LogP contribution is -2.24. The first kappa shape index (κ1) is 17.1. The van der Waals surface area contributed by atoms with Gasteiger partial charge >= 0.3 is 6.18 Å². The lowest BCUT2D eigenvalue weighted by Gasteiger charge is -2.13. The summed E-state index contributed by atoms with van der Waals surface area (Å²) in [5.74, 6) is -0.276. The standard InChI is InChI=1S/C19H17F3N2O/c20-19(21,22)16-7-3-1-5-14(16)12-24-18(25)10-9-13-11-23-17-8-4-2-6-15(13)17/h1-8,11,23H,9-10,12H2,(H,24,25). The van der Waals surface area contributed by atoms with E-state index in [9.17, 15) is 18.0 Å². The molecular formula is C19H17F3N2O. The molecule has 0 bridgehead atoms. The van der Waals surface area contributed by atoms with Gasteiger partial charge in [-0.25, -0.2) is 0 Å². The van der Waals surface area contributed by atoms with Crippen LogP contribution in [0.3, 0.4) is 0 Å². The van der Waals surface area contributed by atoms with Crippen molar-refractivity contribution < 1.29 is 18.0 Å². The SMILES string of the molecule is O=C(CCc1c[nH]c2ccccc12)NCc1ccccc1C(F)(F)F. The highest BCUT2D eigenvalue weighted by Gasteiger charge is 2.32. The largest absolute Gasteiger partial charge is 0.416 e. The van der Waals surface area contributed by atoms with Crippen molar-refractivity contribution in [1.29, 1.82) is 0 Å². The molecule has 130 valence electrons. The number of carbonyl (C=O) groups excluding carboxylic acids is 1. The summed E-state index contributed by atoms with van der Waals surface area (Å²) in [5, 5.41) is 3.63. The molecule has 2 N–H and O–H groups in total. The molecule has 3 nitrogen and oxygen atoms in total. The van der Waals surface area contributed by atoms with Crippen LogP contribution in [0.25, 0.3) is 10.9 Å². The number of rotatable bonds is 5. The van der Waals surface area contributed by atoms with Gasteiger partial charge in [-0.1, -0.05) is 36.4 Å². The summed E-state index contributed by atoms with van der Waals surface area (Å²) in [7, 11) is 0. The molecule has 0 saturated heterocycles. The minimum absolute atomic E-state index is 0.0652. The average molecular weight is 346 g/mol. The molecule has 3 aromatic rings. The number of aromatic nitrogens is 1. The number of carbonyl (C=O) groups is 1. The fraction of sp³-hybridized carbons (Fsp3) is 0.211. The van der Waals surface area contributed by atoms with Crippen LogP contribution in [0.5, 0.6) is 0 Å². The smallest absolute Gasteiger partial charge is 0.361 e. The van der Waals surface area contributed by atoms with Gasteiger partial charge in [0.2, 0.25) is 5.91 Å². The molecular weight excluding hydrogens is 329 g/mol. The summed E-state index contributed by atoms with van der Waals surface area (Å²) < 4.78 is 38.8. The van der Waals surface area contributed by atoms with Gasteiger partial charge in [0.15, 0.2) is 0 Å². The van der Waals surface area contributed by atoms with E-state index in [1.165, 1.54) is 18.2 Å². The Morgan fingerprint density at radius 2 is 1.72 bits per heavy atom. The molecule has 25 heavy (non-hydrogen) atoms. The molecule has 6 heteroatoms. The quantitative estimate of drug-likeness (QED) is 0.705. The zero-order chi connectivity index (χ0) is 17.9. The van der Waals surface area contributed by atoms with E-state index in [4.69, 9.17) is 0 Å². The Balaban J connectivity index is 1.59. The van der Waals surface area contributed by atoms with Crippen molar-refractivity contribution in [2.24, 2.45) is 0 Å². The highest BCUT2D eigenvalue weighted by Crippen LogP contribution is 2.31. The van der Waals surface area contributed by atoms with Gasteiger partial charge in [-0.3, -0.25) is 4.79 Å². The van der Waals surface area contributed by atoms with Crippen molar-refractivity contribution in [2.75, 3.05) is 0 Å². The summed E-state index contributed by atoms with van der Waals surface area (Å²) in [6, 6.07) is 13.0. The number of hydrogen-bond acceptors (Lipinski definition) is 1. The van der Waals surface area contributed by atoms with E-state index in [1.54, 1.807) is 0 Å². The molecule has 0 saturated carbocycles. The van der Waals surface area contributed by atoms with E-state index in [-0.39, 0.29) is 24.4 Å². The van der Waals surface area contributed by atoms with Crippen molar-refractivity contribution in [2.45, 2.75) is 25.6 Å². The van der Waals surface area contributed by atoms with E-state index >= 15 is 0 Å². The molecule has 0 aliphatic rings. The molecule has 0 unspecified atom stereocenters. The number of fused-ring (bicyclic) bond motifs is 1. The fourth-order valence-electron chi connectivity index (χ4n) is 2.82. The number of hydrogen-bond donors (Lipinski definition) is 2. The number of aryl methyl sites for hydroxylation is 1. The predicted octanol–water partition coefficient (Wildman–Crippen LogP) is 4.44. The minimum Gasteiger partial charge on any atom is -0.361 e. The highest BCUT2D eigenvalue weighted by molar-refractivity contribution is 5.84. The van der Waals surface area contributed by atoms with Gasteiger partial charge in [0.1, 0.15) is 0 Å². The Morgan fingerprint density at radius 3 is 2.52 bits per heavy atom. The van der Waals surface area contributed by atoms with Gasteiger partial charge < -0.3 is 10.3 Å². The third kappa shape index (κ3) is 4.02. The third-order valence-corrected chi connectivity index (χ3v) is 4.10. The molecule has 1 amide bonds. The summed E-state index contributed by atoms with van der Waals surface area (Å²) in [6.45, 7) is -0.137. The van der Waals surface area contributed by atoms with Crippen LogP contribution >= 0.6 is 0 Å². The second-order valence-corrected chi connectivity index (χ2v) is 5.79. The van der Waals surface area contributed by atoms with Crippen LogP contribution in [0.1, 0.15) is 23.1 Å². The molecule has 0 atom stereocenters. The zero-order valence-electron chi connectivity index (χ0n) is 13.4. The molecule has 1 aromatic heterocycles. The van der Waals surface area contributed by atoms with Crippen LogP contribution in [-0.2, 0) is 23.9 Å².